The molecule has 1 aliphatic rings. The predicted molar refractivity (Wildman–Crippen MR) is 66.2 cm³/mol. The average Bonchev–Trinajstić information content (AvgIpc) is 3.00. The lowest BCUT2D eigenvalue weighted by Gasteiger charge is -2.16. The zero-order chi connectivity index (χ0) is 11.8. The van der Waals surface area contributed by atoms with Crippen molar-refractivity contribution in [3.8, 4) is 0 Å². The Morgan fingerprint density at radius 1 is 1.35 bits per heavy atom. The summed E-state index contributed by atoms with van der Waals surface area (Å²) in [5.74, 6) is 0.0237. The zero-order valence-corrected chi connectivity index (χ0v) is 10.00. The van der Waals surface area contributed by atoms with Crippen LogP contribution in [0.3, 0.4) is 0 Å². The van der Waals surface area contributed by atoms with E-state index in [1.165, 1.54) is 0 Å². The van der Waals surface area contributed by atoms with E-state index in [1.54, 1.807) is 12.3 Å². The number of hydrogen-bond acceptors (Lipinski definition) is 2. The van der Waals surface area contributed by atoms with Crippen molar-refractivity contribution in [2.75, 3.05) is 13.1 Å². The summed E-state index contributed by atoms with van der Waals surface area (Å²) in [6, 6.07) is 3.61. The number of carbonyl (C=O) groups excluding carboxylic acids is 1. The number of hydrogen-bond donors (Lipinski definition) is 1. The van der Waals surface area contributed by atoms with Crippen LogP contribution < -0.4 is 0 Å². The van der Waals surface area contributed by atoms with E-state index in [2.05, 4.69) is 10.2 Å². The molecule has 2 aromatic rings. The number of fused-ring (bicyclic) bond motifs is 1. The summed E-state index contributed by atoms with van der Waals surface area (Å²) in [7, 11) is 0. The maximum absolute atomic E-state index is 12.2. The van der Waals surface area contributed by atoms with Crippen molar-refractivity contribution < 1.29 is 4.79 Å². The fourth-order valence-electron chi connectivity index (χ4n) is 2.24. The minimum Gasteiger partial charge on any atom is -0.339 e. The normalized spacial score (nSPS) is 15.7. The van der Waals surface area contributed by atoms with Crippen LogP contribution in [-0.2, 0) is 0 Å². The topological polar surface area (TPSA) is 49.0 Å². The van der Waals surface area contributed by atoms with Gasteiger partial charge in [-0.2, -0.15) is 5.10 Å². The summed E-state index contributed by atoms with van der Waals surface area (Å²) in [5, 5.41) is 8.06. The van der Waals surface area contributed by atoms with Gasteiger partial charge in [-0.1, -0.05) is 11.6 Å². The van der Waals surface area contributed by atoms with E-state index < -0.39 is 0 Å². The lowest BCUT2D eigenvalue weighted by Crippen LogP contribution is -2.27. The first-order valence-electron chi connectivity index (χ1n) is 5.68. The molecule has 1 aromatic carbocycles. The van der Waals surface area contributed by atoms with Crippen molar-refractivity contribution in [1.29, 1.82) is 0 Å². The van der Waals surface area contributed by atoms with Crippen LogP contribution in [-0.4, -0.2) is 34.1 Å². The van der Waals surface area contributed by atoms with E-state index in [9.17, 15) is 4.79 Å². The summed E-state index contributed by atoms with van der Waals surface area (Å²) >= 11 is 6.25. The van der Waals surface area contributed by atoms with Gasteiger partial charge in [0.25, 0.3) is 5.91 Å². The molecule has 0 radical (unpaired) electrons. The molecule has 1 amide bonds. The average molecular weight is 250 g/mol. The van der Waals surface area contributed by atoms with E-state index in [4.69, 9.17) is 11.6 Å². The van der Waals surface area contributed by atoms with E-state index in [-0.39, 0.29) is 5.91 Å². The highest BCUT2D eigenvalue weighted by Crippen LogP contribution is 2.27. The third-order valence-corrected chi connectivity index (χ3v) is 3.59. The van der Waals surface area contributed by atoms with E-state index in [0.29, 0.717) is 10.6 Å². The molecule has 0 saturated carbocycles. The van der Waals surface area contributed by atoms with Crippen LogP contribution in [0.4, 0.5) is 0 Å². The van der Waals surface area contributed by atoms with Crippen molar-refractivity contribution in [2.45, 2.75) is 12.8 Å². The van der Waals surface area contributed by atoms with Crippen LogP contribution in [0.1, 0.15) is 23.2 Å². The zero-order valence-electron chi connectivity index (χ0n) is 9.24. The Hall–Kier alpha value is -1.55. The quantitative estimate of drug-likeness (QED) is 0.844. The summed E-state index contributed by atoms with van der Waals surface area (Å²) in [5.41, 5.74) is 1.43. The van der Waals surface area contributed by atoms with E-state index in [0.717, 1.165) is 36.8 Å². The summed E-state index contributed by atoms with van der Waals surface area (Å²) in [6.45, 7) is 1.66. The molecular formula is C12H12ClN3O. The van der Waals surface area contributed by atoms with Gasteiger partial charge in [-0.05, 0) is 25.0 Å². The number of halogens is 1. The monoisotopic (exact) mass is 249 g/mol. The van der Waals surface area contributed by atoms with Crippen molar-refractivity contribution in [3.05, 3.63) is 28.9 Å². The molecule has 1 aliphatic heterocycles. The number of likely N-dealkylation sites (tertiary alicyclic amines) is 1. The van der Waals surface area contributed by atoms with Crippen molar-refractivity contribution in [2.24, 2.45) is 0 Å². The highest BCUT2D eigenvalue weighted by Gasteiger charge is 2.22. The molecule has 4 nitrogen and oxygen atoms in total. The minimum absolute atomic E-state index is 0.0237. The number of nitrogens with zero attached hydrogens (tertiary/aromatic N) is 2. The summed E-state index contributed by atoms with van der Waals surface area (Å²) in [6.07, 6.45) is 3.81. The molecule has 0 unspecified atom stereocenters. The number of benzene rings is 1. The number of aromatic amines is 1. The maximum Gasteiger partial charge on any atom is 0.255 e. The number of rotatable bonds is 1. The molecule has 0 spiro atoms. The molecule has 88 valence electrons. The Bertz CT molecular complexity index is 572. The van der Waals surface area contributed by atoms with Gasteiger partial charge in [0.15, 0.2) is 0 Å². The molecular weight excluding hydrogens is 238 g/mol. The van der Waals surface area contributed by atoms with Crippen LogP contribution >= 0.6 is 11.6 Å². The second-order valence-electron chi connectivity index (χ2n) is 4.26. The molecule has 1 N–H and O–H groups in total. The van der Waals surface area contributed by atoms with Gasteiger partial charge in [-0.15, -0.1) is 0 Å². The molecule has 0 atom stereocenters. The first-order valence-corrected chi connectivity index (χ1v) is 6.06. The smallest absolute Gasteiger partial charge is 0.255 e. The summed E-state index contributed by atoms with van der Waals surface area (Å²) < 4.78 is 0. The largest absolute Gasteiger partial charge is 0.339 e. The van der Waals surface area contributed by atoms with Crippen LogP contribution in [0.25, 0.3) is 10.9 Å². The Morgan fingerprint density at radius 3 is 2.88 bits per heavy atom. The Labute approximate surface area is 104 Å². The third kappa shape index (κ3) is 1.69. The standard InChI is InChI=1S/C12H12ClN3O/c13-11-8(12(17)16-5-1-2-6-16)3-4-10-9(11)7-14-15-10/h3-4,7H,1-2,5-6H2,(H,14,15). The molecule has 5 heteroatoms. The third-order valence-electron chi connectivity index (χ3n) is 3.18. The molecule has 1 fully saturated rings. The van der Waals surface area contributed by atoms with Gasteiger partial charge < -0.3 is 4.90 Å². The van der Waals surface area contributed by atoms with Crippen LogP contribution in [0.2, 0.25) is 5.02 Å². The fourth-order valence-corrected chi connectivity index (χ4v) is 2.53. The van der Waals surface area contributed by atoms with Gasteiger partial charge in [0, 0.05) is 18.5 Å². The Balaban J connectivity index is 2.04. The second kappa shape index (κ2) is 4.04. The molecule has 2 heterocycles. The first kappa shape index (κ1) is 10.6. The molecule has 1 saturated heterocycles. The first-order chi connectivity index (χ1) is 8.27. The highest BCUT2D eigenvalue weighted by atomic mass is 35.5. The lowest BCUT2D eigenvalue weighted by atomic mass is 10.1. The van der Waals surface area contributed by atoms with Crippen LogP contribution in [0.15, 0.2) is 18.3 Å². The van der Waals surface area contributed by atoms with Crippen LogP contribution in [0.5, 0.6) is 0 Å². The molecule has 17 heavy (non-hydrogen) atoms. The predicted octanol–water partition coefficient (Wildman–Crippen LogP) is 2.45. The van der Waals surface area contributed by atoms with Gasteiger partial charge in [0.1, 0.15) is 0 Å². The molecule has 0 aliphatic carbocycles. The van der Waals surface area contributed by atoms with Crippen LogP contribution in [0, 0.1) is 0 Å². The molecule has 1 aromatic heterocycles. The lowest BCUT2D eigenvalue weighted by molar-refractivity contribution is 0.0793. The van der Waals surface area contributed by atoms with Gasteiger partial charge in [0.05, 0.1) is 22.3 Å². The van der Waals surface area contributed by atoms with Crippen molar-refractivity contribution >= 4 is 28.4 Å². The summed E-state index contributed by atoms with van der Waals surface area (Å²) in [4.78, 5) is 14.1. The Kier molecular flexibility index (Phi) is 2.52. The number of H-pyrrole nitrogens is 1. The number of aromatic nitrogens is 2. The van der Waals surface area contributed by atoms with Crippen molar-refractivity contribution in [1.82, 2.24) is 15.1 Å². The number of nitrogens with one attached hydrogen (secondary N) is 1. The second-order valence-corrected chi connectivity index (χ2v) is 4.64. The molecule has 3 rings (SSSR count). The highest BCUT2D eigenvalue weighted by molar-refractivity contribution is 6.38. The van der Waals surface area contributed by atoms with Crippen molar-refractivity contribution in [3.63, 3.8) is 0 Å². The Morgan fingerprint density at radius 2 is 2.12 bits per heavy atom. The van der Waals surface area contributed by atoms with E-state index >= 15 is 0 Å². The minimum atomic E-state index is 0.0237. The number of amides is 1. The van der Waals surface area contributed by atoms with Gasteiger partial charge >= 0.3 is 0 Å². The SMILES string of the molecule is O=C(c1ccc2[nH]ncc2c1Cl)N1CCCC1. The van der Waals surface area contributed by atoms with Gasteiger partial charge in [0.2, 0.25) is 0 Å². The number of carbonyl (C=O) groups is 1. The molecule has 0 bridgehead atoms. The fraction of sp³-hybridized carbons (Fsp3) is 0.333. The van der Waals surface area contributed by atoms with Gasteiger partial charge in [-0.25, -0.2) is 0 Å². The maximum atomic E-state index is 12.2. The van der Waals surface area contributed by atoms with E-state index in [1.807, 2.05) is 11.0 Å². The van der Waals surface area contributed by atoms with Gasteiger partial charge in [-0.3, -0.25) is 9.89 Å².